The summed E-state index contributed by atoms with van der Waals surface area (Å²) < 4.78 is 66.0. The van der Waals surface area contributed by atoms with Crippen molar-refractivity contribution in [3.8, 4) is 11.5 Å². The summed E-state index contributed by atoms with van der Waals surface area (Å²) in [5, 5.41) is -0.675. The minimum absolute atomic E-state index is 0.0473. The van der Waals surface area contributed by atoms with E-state index >= 15 is 0 Å². The number of benzene rings is 1. The Morgan fingerprint density at radius 3 is 2.59 bits per heavy atom. The van der Waals surface area contributed by atoms with E-state index in [1.165, 1.54) is 11.1 Å². The Labute approximate surface area is 202 Å². The van der Waals surface area contributed by atoms with Crippen LogP contribution in [0.2, 0.25) is 0 Å². The predicted molar refractivity (Wildman–Crippen MR) is 129 cm³/mol. The fraction of sp³-hybridized carbons (Fsp3) is 0.739. The molecule has 4 aliphatic rings. The van der Waals surface area contributed by atoms with Gasteiger partial charge in [0.15, 0.2) is 11.5 Å². The van der Waals surface area contributed by atoms with Crippen LogP contribution in [0.1, 0.15) is 50.3 Å². The lowest BCUT2D eigenvalue weighted by molar-refractivity contribution is 0.0214. The average molecular weight is 514 g/mol. The van der Waals surface area contributed by atoms with E-state index in [9.17, 15) is 16.8 Å². The highest BCUT2D eigenvalue weighted by Gasteiger charge is 2.47. The summed E-state index contributed by atoms with van der Waals surface area (Å²) in [4.78, 5) is 2.52. The van der Waals surface area contributed by atoms with E-state index in [-0.39, 0.29) is 31.3 Å². The molecule has 2 unspecified atom stereocenters. The quantitative estimate of drug-likeness (QED) is 0.617. The number of piperidine rings is 2. The van der Waals surface area contributed by atoms with E-state index < -0.39 is 25.3 Å². The van der Waals surface area contributed by atoms with Gasteiger partial charge in [-0.2, -0.15) is 4.31 Å². The number of hydrogen-bond donors (Lipinski definition) is 1. The third-order valence-corrected chi connectivity index (χ3v) is 11.4. The molecule has 0 aromatic heterocycles. The van der Waals surface area contributed by atoms with Crippen molar-refractivity contribution in [3.63, 3.8) is 0 Å². The molecule has 4 aliphatic heterocycles. The number of fused-ring (bicyclic) bond motifs is 5. The summed E-state index contributed by atoms with van der Waals surface area (Å²) in [6, 6.07) is 4.30. The SMILES string of the molecule is CC(CNS(C)(=O)=O)C(C)S(=O)(=O)N1CCC[C@H]2CN3CCc4cc5c(cc4[C@@H]3C[C@H]21)OCO5. The van der Waals surface area contributed by atoms with Crippen LogP contribution < -0.4 is 14.2 Å². The van der Waals surface area contributed by atoms with Gasteiger partial charge in [-0.15, -0.1) is 0 Å². The van der Waals surface area contributed by atoms with Gasteiger partial charge in [-0.1, -0.05) is 6.92 Å². The molecule has 2 fully saturated rings. The second kappa shape index (κ2) is 8.92. The fourth-order valence-corrected chi connectivity index (χ4v) is 8.76. The lowest BCUT2D eigenvalue weighted by Gasteiger charge is -2.52. The molecule has 1 aromatic rings. The van der Waals surface area contributed by atoms with E-state index in [2.05, 4.69) is 21.8 Å². The summed E-state index contributed by atoms with van der Waals surface area (Å²) in [6.07, 6.45) is 4.71. The Morgan fingerprint density at radius 2 is 1.85 bits per heavy atom. The first-order chi connectivity index (χ1) is 16.0. The number of hydrogen-bond acceptors (Lipinski definition) is 7. The van der Waals surface area contributed by atoms with Gasteiger partial charge in [-0.25, -0.2) is 21.6 Å². The van der Waals surface area contributed by atoms with Gasteiger partial charge < -0.3 is 9.47 Å². The van der Waals surface area contributed by atoms with Gasteiger partial charge in [0.1, 0.15) is 0 Å². The summed E-state index contributed by atoms with van der Waals surface area (Å²) in [5.74, 6) is 1.55. The first-order valence-corrected chi connectivity index (χ1v) is 15.6. The van der Waals surface area contributed by atoms with Crippen LogP contribution in [0, 0.1) is 11.8 Å². The molecule has 0 saturated carbocycles. The molecule has 11 heteroatoms. The second-order valence-electron chi connectivity index (χ2n) is 10.3. The van der Waals surface area contributed by atoms with Crippen molar-refractivity contribution in [2.45, 2.75) is 56.9 Å². The van der Waals surface area contributed by atoms with Crippen LogP contribution in [-0.4, -0.2) is 76.6 Å². The highest BCUT2D eigenvalue weighted by Crippen LogP contribution is 2.47. The Hall–Kier alpha value is -1.40. The average Bonchev–Trinajstić information content (AvgIpc) is 3.25. The van der Waals surface area contributed by atoms with Crippen molar-refractivity contribution < 1.29 is 26.3 Å². The Kier molecular flexibility index (Phi) is 6.37. The molecule has 0 amide bonds. The number of sulfonamides is 2. The molecule has 5 atom stereocenters. The minimum Gasteiger partial charge on any atom is -0.454 e. The largest absolute Gasteiger partial charge is 0.454 e. The minimum atomic E-state index is -3.59. The summed E-state index contributed by atoms with van der Waals surface area (Å²) in [6.45, 7) is 6.25. The zero-order valence-corrected chi connectivity index (χ0v) is 21.7. The van der Waals surface area contributed by atoms with Crippen LogP contribution >= 0.6 is 0 Å². The van der Waals surface area contributed by atoms with Crippen molar-refractivity contribution in [1.82, 2.24) is 13.9 Å². The van der Waals surface area contributed by atoms with Crippen LogP contribution in [0.4, 0.5) is 0 Å². The summed E-state index contributed by atoms with van der Waals surface area (Å²) in [7, 11) is -6.96. The smallest absolute Gasteiger partial charge is 0.231 e. The van der Waals surface area contributed by atoms with E-state index in [1.807, 2.05) is 0 Å². The molecule has 2 saturated heterocycles. The highest BCUT2D eigenvalue weighted by molar-refractivity contribution is 7.89. The maximum Gasteiger partial charge on any atom is 0.231 e. The molecule has 34 heavy (non-hydrogen) atoms. The van der Waals surface area contributed by atoms with Gasteiger partial charge in [0.2, 0.25) is 26.8 Å². The van der Waals surface area contributed by atoms with Crippen molar-refractivity contribution in [3.05, 3.63) is 23.3 Å². The molecule has 0 aliphatic carbocycles. The predicted octanol–water partition coefficient (Wildman–Crippen LogP) is 1.70. The summed E-state index contributed by atoms with van der Waals surface area (Å²) in [5.41, 5.74) is 2.50. The van der Waals surface area contributed by atoms with Gasteiger partial charge in [-0.05, 0) is 67.7 Å². The van der Waals surface area contributed by atoms with Crippen LogP contribution in [0.5, 0.6) is 11.5 Å². The van der Waals surface area contributed by atoms with Crippen molar-refractivity contribution in [2.24, 2.45) is 11.8 Å². The van der Waals surface area contributed by atoms with Crippen LogP contribution in [0.25, 0.3) is 0 Å². The monoisotopic (exact) mass is 513 g/mol. The highest BCUT2D eigenvalue weighted by atomic mass is 32.2. The number of rotatable bonds is 6. The third kappa shape index (κ3) is 4.45. The van der Waals surface area contributed by atoms with Crippen LogP contribution in [0.3, 0.4) is 0 Å². The molecule has 5 rings (SSSR count). The van der Waals surface area contributed by atoms with Gasteiger partial charge in [0.05, 0.1) is 11.5 Å². The molecule has 9 nitrogen and oxygen atoms in total. The molecule has 190 valence electrons. The third-order valence-electron chi connectivity index (χ3n) is 8.17. The number of nitrogens with zero attached hydrogens (tertiary/aromatic N) is 2. The maximum absolute atomic E-state index is 13.8. The Morgan fingerprint density at radius 1 is 1.12 bits per heavy atom. The summed E-state index contributed by atoms with van der Waals surface area (Å²) >= 11 is 0. The lowest BCUT2D eigenvalue weighted by Crippen LogP contribution is -2.59. The molecule has 0 spiro atoms. The molecule has 4 heterocycles. The normalized spacial score (nSPS) is 29.1. The molecule has 1 N–H and O–H groups in total. The van der Waals surface area contributed by atoms with Crippen molar-refractivity contribution >= 4 is 20.0 Å². The second-order valence-corrected chi connectivity index (χ2v) is 14.4. The maximum atomic E-state index is 13.8. The Bertz CT molecular complexity index is 1160. The zero-order chi connectivity index (χ0) is 24.3. The lowest BCUT2D eigenvalue weighted by atomic mass is 9.77. The van der Waals surface area contributed by atoms with Gasteiger partial charge in [-0.3, -0.25) is 4.90 Å². The van der Waals surface area contributed by atoms with Crippen LogP contribution in [0.15, 0.2) is 12.1 Å². The van der Waals surface area contributed by atoms with E-state index in [1.54, 1.807) is 18.2 Å². The first kappa shape index (κ1) is 24.3. The molecule has 0 radical (unpaired) electrons. The topological polar surface area (TPSA) is 105 Å². The van der Waals surface area contributed by atoms with Crippen molar-refractivity contribution in [2.75, 3.05) is 39.2 Å². The molecular weight excluding hydrogens is 478 g/mol. The molecular formula is C23H35N3O6S2. The molecule has 0 bridgehead atoms. The Balaban J connectivity index is 1.39. The van der Waals surface area contributed by atoms with Crippen LogP contribution in [-0.2, 0) is 26.5 Å². The standard InChI is InChI=1S/C23H35N3O6S2/c1-15(12-24-33(3,27)28)16(2)34(29,30)26-7-4-5-18-13-25-8-6-17-9-22-23(32-14-31-22)10-19(17)21(25)11-20(18)26/h9-10,15-16,18,20-21,24H,4-8,11-14H2,1-3H3/t15?,16?,18-,20+,21-/m0/s1. The fourth-order valence-electron chi connectivity index (χ4n) is 6.07. The van der Waals surface area contributed by atoms with E-state index in [0.29, 0.717) is 12.5 Å². The van der Waals surface area contributed by atoms with Crippen molar-refractivity contribution in [1.29, 1.82) is 0 Å². The number of ether oxygens (including phenoxy) is 2. The van der Waals surface area contributed by atoms with Gasteiger partial charge >= 0.3 is 0 Å². The first-order valence-electron chi connectivity index (χ1n) is 12.2. The van der Waals surface area contributed by atoms with E-state index in [4.69, 9.17) is 9.47 Å². The van der Waals surface area contributed by atoms with Gasteiger partial charge in [0.25, 0.3) is 0 Å². The van der Waals surface area contributed by atoms with Gasteiger partial charge in [0, 0.05) is 38.3 Å². The molecule has 1 aromatic carbocycles. The number of nitrogens with one attached hydrogen (secondary N) is 1. The zero-order valence-electron chi connectivity index (χ0n) is 20.1. The van der Waals surface area contributed by atoms with E-state index in [0.717, 1.165) is 56.5 Å².